The lowest BCUT2D eigenvalue weighted by atomic mass is 10.1. The minimum atomic E-state index is -3.80. The first-order chi connectivity index (χ1) is 13.0. The first-order valence-corrected chi connectivity index (χ1v) is 10.0. The molecule has 0 aliphatic heterocycles. The molecule has 0 atom stereocenters. The number of rotatable bonds is 6. The van der Waals surface area contributed by atoms with Crippen molar-refractivity contribution in [3.05, 3.63) is 90.0 Å². The van der Waals surface area contributed by atoms with E-state index in [4.69, 9.17) is 0 Å². The first-order valence-electron chi connectivity index (χ1n) is 8.57. The van der Waals surface area contributed by atoms with Crippen molar-refractivity contribution in [2.24, 2.45) is 0 Å². The van der Waals surface area contributed by atoms with Crippen molar-refractivity contribution in [3.63, 3.8) is 0 Å². The van der Waals surface area contributed by atoms with Gasteiger partial charge in [0.1, 0.15) is 0 Å². The van der Waals surface area contributed by atoms with Crippen LogP contribution in [-0.2, 0) is 16.4 Å². The molecule has 3 aromatic rings. The molecule has 0 saturated heterocycles. The summed E-state index contributed by atoms with van der Waals surface area (Å²) >= 11 is 0. The van der Waals surface area contributed by atoms with E-state index < -0.39 is 10.0 Å². The van der Waals surface area contributed by atoms with E-state index in [-0.39, 0.29) is 16.4 Å². The molecule has 27 heavy (non-hydrogen) atoms. The van der Waals surface area contributed by atoms with Gasteiger partial charge in [0.15, 0.2) is 0 Å². The van der Waals surface area contributed by atoms with E-state index in [1.807, 2.05) is 37.3 Å². The summed E-state index contributed by atoms with van der Waals surface area (Å²) in [5.74, 6) is -0.368. The van der Waals surface area contributed by atoms with Gasteiger partial charge in [0.05, 0.1) is 10.6 Å². The highest BCUT2D eigenvalue weighted by Crippen LogP contribution is 2.21. The summed E-state index contributed by atoms with van der Waals surface area (Å²) in [6, 6.07) is 22.2. The fourth-order valence-electron chi connectivity index (χ4n) is 2.66. The minimum absolute atomic E-state index is 0.0362. The van der Waals surface area contributed by atoms with Crippen LogP contribution in [-0.4, -0.2) is 14.3 Å². The second kappa shape index (κ2) is 8.05. The van der Waals surface area contributed by atoms with Crippen molar-refractivity contribution in [3.8, 4) is 0 Å². The number of amides is 1. The van der Waals surface area contributed by atoms with Gasteiger partial charge in [-0.3, -0.25) is 9.52 Å². The quantitative estimate of drug-likeness (QED) is 0.669. The van der Waals surface area contributed by atoms with Crippen LogP contribution in [0.5, 0.6) is 0 Å². The fourth-order valence-corrected chi connectivity index (χ4v) is 3.81. The zero-order chi connectivity index (χ0) is 19.3. The largest absolute Gasteiger partial charge is 0.322 e. The van der Waals surface area contributed by atoms with E-state index in [0.717, 1.165) is 5.56 Å². The van der Waals surface area contributed by atoms with Gasteiger partial charge in [0.25, 0.3) is 15.9 Å². The van der Waals surface area contributed by atoms with Gasteiger partial charge in [-0.05, 0) is 48.4 Å². The second-order valence-electron chi connectivity index (χ2n) is 5.96. The highest BCUT2D eigenvalue weighted by Gasteiger charge is 2.17. The Morgan fingerprint density at radius 3 is 2.33 bits per heavy atom. The molecule has 0 aliphatic rings. The molecule has 3 rings (SSSR count). The topological polar surface area (TPSA) is 75.3 Å². The van der Waals surface area contributed by atoms with Gasteiger partial charge in [-0.2, -0.15) is 0 Å². The van der Waals surface area contributed by atoms with E-state index in [1.165, 1.54) is 12.1 Å². The molecule has 0 saturated carbocycles. The van der Waals surface area contributed by atoms with Gasteiger partial charge in [0.2, 0.25) is 0 Å². The molecule has 0 aromatic heterocycles. The average Bonchev–Trinajstić information content (AvgIpc) is 2.69. The minimum Gasteiger partial charge on any atom is -0.322 e. The van der Waals surface area contributed by atoms with Crippen LogP contribution in [0, 0.1) is 0 Å². The van der Waals surface area contributed by atoms with E-state index >= 15 is 0 Å². The van der Waals surface area contributed by atoms with E-state index in [1.54, 1.807) is 36.4 Å². The zero-order valence-electron chi connectivity index (χ0n) is 14.8. The number of benzene rings is 3. The average molecular weight is 380 g/mol. The van der Waals surface area contributed by atoms with Crippen LogP contribution in [0.15, 0.2) is 83.8 Å². The Morgan fingerprint density at radius 1 is 0.889 bits per heavy atom. The van der Waals surface area contributed by atoms with Gasteiger partial charge < -0.3 is 5.32 Å². The van der Waals surface area contributed by atoms with Gasteiger partial charge in [0, 0.05) is 11.3 Å². The maximum Gasteiger partial charge on any atom is 0.261 e. The van der Waals surface area contributed by atoms with Gasteiger partial charge in [-0.1, -0.05) is 49.4 Å². The number of nitrogens with one attached hydrogen (secondary N) is 2. The van der Waals surface area contributed by atoms with Crippen LogP contribution in [0.4, 0.5) is 11.4 Å². The summed E-state index contributed by atoms with van der Waals surface area (Å²) in [7, 11) is -3.80. The molecule has 0 spiro atoms. The molecule has 0 radical (unpaired) electrons. The Balaban J connectivity index is 1.84. The van der Waals surface area contributed by atoms with Crippen molar-refractivity contribution in [2.75, 3.05) is 10.0 Å². The van der Waals surface area contributed by atoms with Gasteiger partial charge >= 0.3 is 0 Å². The number of anilines is 2. The molecular formula is C21H20N2O3S. The smallest absolute Gasteiger partial charge is 0.261 e. The molecule has 3 aromatic carbocycles. The normalized spacial score (nSPS) is 11.0. The number of carbonyl (C=O) groups excluding carboxylic acids is 1. The molecule has 0 bridgehead atoms. The van der Waals surface area contributed by atoms with Crippen molar-refractivity contribution in [2.45, 2.75) is 18.2 Å². The predicted molar refractivity (Wildman–Crippen MR) is 107 cm³/mol. The number of sulfonamides is 1. The standard InChI is InChI=1S/C21H20N2O3S/c1-2-16-9-6-7-14-20(16)23-27(25,26)19-13-8-10-17(15-19)21(24)22-18-11-4-3-5-12-18/h3-15,23H,2H2,1H3,(H,22,24). The maximum atomic E-state index is 12.8. The third-order valence-corrected chi connectivity index (χ3v) is 5.44. The van der Waals surface area contributed by atoms with E-state index in [0.29, 0.717) is 17.8 Å². The molecule has 0 unspecified atom stereocenters. The van der Waals surface area contributed by atoms with E-state index in [9.17, 15) is 13.2 Å². The molecule has 0 aliphatic carbocycles. The number of aryl methyl sites for hydroxylation is 1. The molecule has 0 fully saturated rings. The number of para-hydroxylation sites is 2. The first kappa shape index (κ1) is 18.7. The third kappa shape index (κ3) is 4.54. The fraction of sp³-hybridized carbons (Fsp3) is 0.0952. The summed E-state index contributed by atoms with van der Waals surface area (Å²) in [6.07, 6.45) is 0.707. The Kier molecular flexibility index (Phi) is 5.57. The second-order valence-corrected chi connectivity index (χ2v) is 7.65. The van der Waals surface area contributed by atoms with Crippen molar-refractivity contribution in [1.82, 2.24) is 0 Å². The lowest BCUT2D eigenvalue weighted by Crippen LogP contribution is -2.16. The lowest BCUT2D eigenvalue weighted by Gasteiger charge is -2.12. The van der Waals surface area contributed by atoms with Crippen LogP contribution in [0.2, 0.25) is 0 Å². The SMILES string of the molecule is CCc1ccccc1NS(=O)(=O)c1cccc(C(=O)Nc2ccccc2)c1. The highest BCUT2D eigenvalue weighted by atomic mass is 32.2. The van der Waals surface area contributed by atoms with E-state index in [2.05, 4.69) is 10.0 Å². The van der Waals surface area contributed by atoms with Crippen LogP contribution < -0.4 is 10.0 Å². The number of carbonyl (C=O) groups is 1. The Labute approximate surface area is 159 Å². The monoisotopic (exact) mass is 380 g/mol. The summed E-state index contributed by atoms with van der Waals surface area (Å²) in [5.41, 5.74) is 2.36. The molecule has 6 heteroatoms. The lowest BCUT2D eigenvalue weighted by molar-refractivity contribution is 0.102. The molecular weight excluding hydrogens is 360 g/mol. The highest BCUT2D eigenvalue weighted by molar-refractivity contribution is 7.92. The number of hydrogen-bond acceptors (Lipinski definition) is 3. The Bertz CT molecular complexity index is 1050. The summed E-state index contributed by atoms with van der Waals surface area (Å²) in [4.78, 5) is 12.5. The van der Waals surface area contributed by atoms with Gasteiger partial charge in [-0.25, -0.2) is 8.42 Å². The van der Waals surface area contributed by atoms with Crippen LogP contribution in [0.1, 0.15) is 22.8 Å². The third-order valence-electron chi connectivity index (χ3n) is 4.08. The Hall–Kier alpha value is -3.12. The molecule has 138 valence electrons. The molecule has 1 amide bonds. The predicted octanol–water partition coefficient (Wildman–Crippen LogP) is 4.30. The van der Waals surface area contributed by atoms with Crippen molar-refractivity contribution >= 4 is 27.3 Å². The maximum absolute atomic E-state index is 12.8. The summed E-state index contributed by atoms with van der Waals surface area (Å²) in [6.45, 7) is 1.96. The zero-order valence-corrected chi connectivity index (χ0v) is 15.7. The van der Waals surface area contributed by atoms with Crippen LogP contribution in [0.25, 0.3) is 0 Å². The summed E-state index contributed by atoms with van der Waals surface area (Å²) in [5, 5.41) is 2.75. The number of hydrogen-bond donors (Lipinski definition) is 2. The van der Waals surface area contributed by atoms with Crippen LogP contribution in [0.3, 0.4) is 0 Å². The summed E-state index contributed by atoms with van der Waals surface area (Å²) < 4.78 is 28.1. The van der Waals surface area contributed by atoms with Crippen LogP contribution >= 0.6 is 0 Å². The van der Waals surface area contributed by atoms with Crippen molar-refractivity contribution in [1.29, 1.82) is 0 Å². The Morgan fingerprint density at radius 2 is 1.59 bits per heavy atom. The molecule has 0 heterocycles. The van der Waals surface area contributed by atoms with Gasteiger partial charge in [-0.15, -0.1) is 0 Å². The van der Waals surface area contributed by atoms with Crippen molar-refractivity contribution < 1.29 is 13.2 Å². The molecule has 5 nitrogen and oxygen atoms in total. The molecule has 2 N–H and O–H groups in total.